The molecule has 3 aromatic rings. The Bertz CT molecular complexity index is 753. The number of hydrogen-bond donors (Lipinski definition) is 0. The fourth-order valence-electron chi connectivity index (χ4n) is 1.98. The second-order valence-electron chi connectivity index (χ2n) is 4.09. The van der Waals surface area contributed by atoms with Crippen molar-refractivity contribution in [3.63, 3.8) is 0 Å². The highest BCUT2D eigenvalue weighted by atomic mass is 127. The van der Waals surface area contributed by atoms with Crippen LogP contribution in [0.2, 0.25) is 0 Å². The molecule has 2 aromatic heterocycles. The summed E-state index contributed by atoms with van der Waals surface area (Å²) < 4.78 is 15.8. The molecule has 2 heterocycles. The van der Waals surface area contributed by atoms with Crippen molar-refractivity contribution >= 4 is 33.8 Å². The summed E-state index contributed by atoms with van der Waals surface area (Å²) in [6, 6.07) is 4.98. The number of rotatable bonds is 2. The highest BCUT2D eigenvalue weighted by molar-refractivity contribution is 14.1. The fourth-order valence-corrected chi connectivity index (χ4v) is 2.49. The van der Waals surface area contributed by atoms with Crippen LogP contribution in [0.1, 0.15) is 6.92 Å². The number of benzene rings is 1. The first-order valence-electron chi connectivity index (χ1n) is 5.82. The molecule has 0 aliphatic heterocycles. The molecule has 0 atom stereocenters. The zero-order chi connectivity index (χ0) is 13.4. The molecule has 0 bridgehead atoms. The maximum atomic E-state index is 13.3. The summed E-state index contributed by atoms with van der Waals surface area (Å²) in [7, 11) is 0. The van der Waals surface area contributed by atoms with Crippen LogP contribution in [0.25, 0.3) is 22.3 Å². The summed E-state index contributed by atoms with van der Waals surface area (Å²) in [6.07, 6.45) is 3.41. The molecule has 0 unspecified atom stereocenters. The number of aryl methyl sites for hydroxylation is 1. The van der Waals surface area contributed by atoms with Crippen LogP contribution < -0.4 is 0 Å². The van der Waals surface area contributed by atoms with E-state index in [1.165, 1.54) is 6.07 Å². The van der Waals surface area contributed by atoms with Gasteiger partial charge in [0.15, 0.2) is 5.65 Å². The first-order valence-corrected chi connectivity index (χ1v) is 6.90. The van der Waals surface area contributed by atoms with Gasteiger partial charge in [0.25, 0.3) is 0 Å². The van der Waals surface area contributed by atoms with E-state index in [0.29, 0.717) is 3.57 Å². The maximum absolute atomic E-state index is 13.3. The minimum Gasteiger partial charge on any atom is -0.314 e. The van der Waals surface area contributed by atoms with Crippen molar-refractivity contribution < 1.29 is 4.39 Å². The fraction of sp³-hybridized carbons (Fsp3) is 0.154. The predicted molar refractivity (Wildman–Crippen MR) is 79.1 cm³/mol. The van der Waals surface area contributed by atoms with Crippen molar-refractivity contribution in [2.75, 3.05) is 0 Å². The molecule has 1 aromatic carbocycles. The largest absolute Gasteiger partial charge is 0.314 e. The highest BCUT2D eigenvalue weighted by Crippen LogP contribution is 2.27. The Morgan fingerprint density at radius 2 is 2.21 bits per heavy atom. The van der Waals surface area contributed by atoms with E-state index in [9.17, 15) is 4.39 Å². The summed E-state index contributed by atoms with van der Waals surface area (Å²) >= 11 is 1.98. The van der Waals surface area contributed by atoms with Gasteiger partial charge in [-0.25, -0.2) is 9.37 Å². The van der Waals surface area contributed by atoms with Crippen molar-refractivity contribution in [3.8, 4) is 11.1 Å². The quantitative estimate of drug-likeness (QED) is 0.653. The van der Waals surface area contributed by atoms with Crippen LogP contribution in [0.15, 0.2) is 30.7 Å². The van der Waals surface area contributed by atoms with E-state index in [2.05, 4.69) is 15.2 Å². The normalized spacial score (nSPS) is 11.1. The van der Waals surface area contributed by atoms with Crippen LogP contribution in [0.3, 0.4) is 0 Å². The average molecular weight is 368 g/mol. The summed E-state index contributed by atoms with van der Waals surface area (Å²) in [5, 5.41) is 8.13. The SMILES string of the molecule is CCn1cnc2c(-c3ccc(F)c(I)c3)cnnc21. The lowest BCUT2D eigenvalue weighted by Gasteiger charge is -2.04. The van der Waals surface area contributed by atoms with E-state index in [1.54, 1.807) is 24.7 Å². The molecule has 4 nitrogen and oxygen atoms in total. The van der Waals surface area contributed by atoms with E-state index in [0.717, 1.165) is 28.8 Å². The van der Waals surface area contributed by atoms with Gasteiger partial charge in [-0.3, -0.25) is 0 Å². The second-order valence-corrected chi connectivity index (χ2v) is 5.25. The molecule has 0 spiro atoms. The highest BCUT2D eigenvalue weighted by Gasteiger charge is 2.11. The van der Waals surface area contributed by atoms with Gasteiger partial charge in [0.05, 0.1) is 12.5 Å². The number of fused-ring (bicyclic) bond motifs is 1. The first-order chi connectivity index (χ1) is 9.20. The standard InChI is InChI=1S/C13H10FIN4/c1-2-19-7-16-12-9(6-17-18-13(12)19)8-3-4-10(14)11(15)5-8/h3-7H,2H2,1H3. The van der Waals surface area contributed by atoms with Crippen LogP contribution in [-0.4, -0.2) is 19.7 Å². The molecule has 0 N–H and O–H groups in total. The molecule has 0 fully saturated rings. The van der Waals surface area contributed by atoms with Gasteiger partial charge in [-0.15, -0.1) is 5.10 Å². The third-order valence-corrected chi connectivity index (χ3v) is 3.80. The molecule has 19 heavy (non-hydrogen) atoms. The van der Waals surface area contributed by atoms with Crippen molar-refractivity contribution in [1.29, 1.82) is 0 Å². The van der Waals surface area contributed by atoms with Gasteiger partial charge in [0, 0.05) is 15.7 Å². The number of hydrogen-bond acceptors (Lipinski definition) is 3. The second kappa shape index (κ2) is 4.84. The summed E-state index contributed by atoms with van der Waals surface area (Å²) in [4.78, 5) is 4.38. The van der Waals surface area contributed by atoms with Crippen molar-refractivity contribution in [2.45, 2.75) is 13.5 Å². The maximum Gasteiger partial charge on any atom is 0.183 e. The Morgan fingerprint density at radius 3 is 2.95 bits per heavy atom. The van der Waals surface area contributed by atoms with Crippen LogP contribution >= 0.6 is 22.6 Å². The van der Waals surface area contributed by atoms with E-state index < -0.39 is 0 Å². The van der Waals surface area contributed by atoms with E-state index >= 15 is 0 Å². The van der Waals surface area contributed by atoms with E-state index in [1.807, 2.05) is 34.1 Å². The summed E-state index contributed by atoms with van der Waals surface area (Å²) in [5.74, 6) is -0.221. The monoisotopic (exact) mass is 368 g/mol. The molecule has 6 heteroatoms. The Hall–Kier alpha value is -1.57. The Labute approximate surface area is 122 Å². The number of halogens is 2. The molecule has 0 amide bonds. The van der Waals surface area contributed by atoms with Gasteiger partial charge in [0.2, 0.25) is 0 Å². The minimum atomic E-state index is -0.221. The molecule has 0 aliphatic carbocycles. The van der Waals surface area contributed by atoms with Gasteiger partial charge in [-0.2, -0.15) is 5.10 Å². The van der Waals surface area contributed by atoms with Gasteiger partial charge in [-0.1, -0.05) is 6.07 Å². The van der Waals surface area contributed by atoms with Crippen molar-refractivity contribution in [1.82, 2.24) is 19.7 Å². The van der Waals surface area contributed by atoms with Crippen LogP contribution in [0.5, 0.6) is 0 Å². The minimum absolute atomic E-state index is 0.221. The molecule has 0 radical (unpaired) electrons. The third kappa shape index (κ3) is 2.09. The Balaban J connectivity index is 2.24. The number of imidazole rings is 1. The summed E-state index contributed by atoms with van der Waals surface area (Å²) in [5.41, 5.74) is 3.31. The van der Waals surface area contributed by atoms with Crippen LogP contribution in [0.4, 0.5) is 4.39 Å². The number of nitrogens with zero attached hydrogens (tertiary/aromatic N) is 4. The Kier molecular flexibility index (Phi) is 3.17. The third-order valence-electron chi connectivity index (χ3n) is 2.98. The molecule has 0 saturated heterocycles. The van der Waals surface area contributed by atoms with E-state index in [-0.39, 0.29) is 5.82 Å². The van der Waals surface area contributed by atoms with Crippen LogP contribution in [0, 0.1) is 9.39 Å². The van der Waals surface area contributed by atoms with Gasteiger partial charge < -0.3 is 4.57 Å². The zero-order valence-electron chi connectivity index (χ0n) is 10.1. The van der Waals surface area contributed by atoms with Gasteiger partial charge >= 0.3 is 0 Å². The summed E-state index contributed by atoms with van der Waals surface area (Å²) in [6.45, 7) is 2.81. The van der Waals surface area contributed by atoms with E-state index in [4.69, 9.17) is 0 Å². The molecule has 0 saturated carbocycles. The topological polar surface area (TPSA) is 43.6 Å². The lowest BCUT2D eigenvalue weighted by atomic mass is 10.1. The molecular weight excluding hydrogens is 358 g/mol. The smallest absolute Gasteiger partial charge is 0.183 e. The molecule has 3 rings (SSSR count). The van der Waals surface area contributed by atoms with Crippen LogP contribution in [-0.2, 0) is 6.54 Å². The lowest BCUT2D eigenvalue weighted by molar-refractivity contribution is 0.620. The molecular formula is C13H10FIN4. The molecule has 96 valence electrons. The zero-order valence-corrected chi connectivity index (χ0v) is 12.3. The predicted octanol–water partition coefficient (Wildman–Crippen LogP) is 3.26. The molecule has 0 aliphatic rings. The number of aromatic nitrogens is 4. The van der Waals surface area contributed by atoms with Gasteiger partial charge in [0.1, 0.15) is 11.3 Å². The van der Waals surface area contributed by atoms with Gasteiger partial charge in [-0.05, 0) is 47.2 Å². The lowest BCUT2D eigenvalue weighted by Crippen LogP contribution is -1.95. The Morgan fingerprint density at radius 1 is 1.37 bits per heavy atom. The van der Waals surface area contributed by atoms with Crippen molar-refractivity contribution in [2.24, 2.45) is 0 Å². The average Bonchev–Trinajstić information content (AvgIpc) is 2.85. The van der Waals surface area contributed by atoms with Crippen molar-refractivity contribution in [3.05, 3.63) is 40.1 Å². The first kappa shape index (κ1) is 12.5.